The highest BCUT2D eigenvalue weighted by atomic mass is 35.5. The normalized spacial score (nSPS) is 16.2. The number of hydrogen-bond donors (Lipinski definition) is 1. The van der Waals surface area contributed by atoms with Crippen molar-refractivity contribution in [3.63, 3.8) is 0 Å². The Labute approximate surface area is 148 Å². The Hall–Kier alpha value is -2.07. The Morgan fingerprint density at radius 3 is 2.28 bits per heavy atom. The summed E-state index contributed by atoms with van der Waals surface area (Å²) in [4.78, 5) is 25.3. The topological polar surface area (TPSA) is 92.7 Å². The van der Waals surface area contributed by atoms with Gasteiger partial charge in [-0.3, -0.25) is 14.9 Å². The van der Waals surface area contributed by atoms with Crippen molar-refractivity contribution in [1.29, 1.82) is 0 Å². The molecule has 0 radical (unpaired) electrons. The van der Waals surface area contributed by atoms with Gasteiger partial charge < -0.3 is 15.5 Å². The Morgan fingerprint density at radius 2 is 1.84 bits per heavy atom. The summed E-state index contributed by atoms with van der Waals surface area (Å²) in [5.41, 5.74) is 3.98. The molecule has 7 nitrogen and oxygen atoms in total. The number of nitrogens with two attached hydrogens (primary N) is 1. The number of alkyl halides is 3. The predicted octanol–water partition coefficient (Wildman–Crippen LogP) is 2.03. The smallest absolute Gasteiger partial charge is 0.362 e. The Morgan fingerprint density at radius 1 is 1.28 bits per heavy atom. The number of carbonyl (C=O) groups is 1. The number of benzene rings is 1. The fourth-order valence-electron chi connectivity index (χ4n) is 2.57. The van der Waals surface area contributed by atoms with E-state index in [1.165, 1.54) is 4.90 Å². The molecule has 1 heterocycles. The molecule has 0 unspecified atom stereocenters. The number of piperazine rings is 1. The van der Waals surface area contributed by atoms with Gasteiger partial charge >= 0.3 is 6.18 Å². The number of anilines is 1. The number of hydrogen-bond acceptors (Lipinski definition) is 5. The van der Waals surface area contributed by atoms with E-state index in [0.29, 0.717) is 19.2 Å². The molecule has 2 N–H and O–H groups in total. The number of rotatable bonds is 3. The zero-order chi connectivity index (χ0) is 18.1. The molecule has 0 aliphatic carbocycles. The summed E-state index contributed by atoms with van der Waals surface area (Å²) in [6.07, 6.45) is -4.65. The average molecular weight is 383 g/mol. The van der Waals surface area contributed by atoms with Crippen LogP contribution in [0.1, 0.15) is 12.5 Å². The summed E-state index contributed by atoms with van der Waals surface area (Å²) in [6.45, 7) is 2.74. The first-order valence-corrected chi connectivity index (χ1v) is 7.26. The van der Waals surface area contributed by atoms with Crippen LogP contribution in [0.25, 0.3) is 0 Å². The van der Waals surface area contributed by atoms with Crippen molar-refractivity contribution in [3.8, 4) is 0 Å². The lowest BCUT2D eigenvalue weighted by molar-refractivity contribution is -0.384. The molecule has 1 fully saturated rings. The van der Waals surface area contributed by atoms with E-state index < -0.39 is 28.4 Å². The van der Waals surface area contributed by atoms with Crippen molar-refractivity contribution < 1.29 is 22.9 Å². The minimum absolute atomic E-state index is 0. The van der Waals surface area contributed by atoms with Gasteiger partial charge in [0.25, 0.3) is 5.69 Å². The third-order valence-corrected chi connectivity index (χ3v) is 3.82. The van der Waals surface area contributed by atoms with Gasteiger partial charge in [-0.05, 0) is 19.1 Å². The van der Waals surface area contributed by atoms with Gasteiger partial charge in [0.2, 0.25) is 5.91 Å². The number of halogens is 4. The largest absolute Gasteiger partial charge is 0.416 e. The molecule has 1 aliphatic heterocycles. The SMILES string of the molecule is C[C@@H](N)C(=O)N1CCN(c2ccc(C(F)(F)F)cc2[N+](=O)[O-])CC1.Cl. The number of nitrogens with zero attached hydrogens (tertiary/aromatic N) is 3. The number of amides is 1. The minimum atomic E-state index is -4.65. The molecule has 0 saturated carbocycles. The minimum Gasteiger partial charge on any atom is -0.362 e. The summed E-state index contributed by atoms with van der Waals surface area (Å²) >= 11 is 0. The number of nitro benzene ring substituents is 1. The third kappa shape index (κ3) is 4.73. The molecule has 1 amide bonds. The molecule has 1 aromatic rings. The molecule has 1 atom stereocenters. The second-order valence-corrected chi connectivity index (χ2v) is 5.56. The fraction of sp³-hybridized carbons (Fsp3) is 0.500. The summed E-state index contributed by atoms with van der Waals surface area (Å²) < 4.78 is 38.2. The molecule has 1 aromatic carbocycles. The van der Waals surface area contributed by atoms with E-state index in [4.69, 9.17) is 5.73 Å². The maximum Gasteiger partial charge on any atom is 0.416 e. The first-order chi connectivity index (χ1) is 11.1. The molecule has 2 rings (SSSR count). The third-order valence-electron chi connectivity index (χ3n) is 3.82. The first kappa shape index (κ1) is 21.0. The highest BCUT2D eigenvalue weighted by Gasteiger charge is 2.34. The van der Waals surface area contributed by atoms with Crippen LogP contribution in [0.3, 0.4) is 0 Å². The lowest BCUT2D eigenvalue weighted by atomic mass is 10.1. The van der Waals surface area contributed by atoms with Crippen molar-refractivity contribution in [2.75, 3.05) is 31.1 Å². The monoisotopic (exact) mass is 382 g/mol. The lowest BCUT2D eigenvalue weighted by Crippen LogP contribution is -2.52. The van der Waals surface area contributed by atoms with Crippen LogP contribution in [0.2, 0.25) is 0 Å². The second kappa shape index (κ2) is 7.87. The van der Waals surface area contributed by atoms with Crippen LogP contribution >= 0.6 is 12.4 Å². The molecule has 1 saturated heterocycles. The van der Waals surface area contributed by atoms with Gasteiger partial charge in [-0.2, -0.15) is 13.2 Å². The molecule has 25 heavy (non-hydrogen) atoms. The summed E-state index contributed by atoms with van der Waals surface area (Å²) in [7, 11) is 0. The van der Waals surface area contributed by atoms with Crippen molar-refractivity contribution in [1.82, 2.24) is 4.90 Å². The van der Waals surface area contributed by atoms with Gasteiger partial charge in [-0.1, -0.05) is 0 Å². The van der Waals surface area contributed by atoms with Gasteiger partial charge in [0.15, 0.2) is 0 Å². The molecule has 0 aromatic heterocycles. The Balaban J connectivity index is 0.00000312. The van der Waals surface area contributed by atoms with E-state index in [1.54, 1.807) is 11.8 Å². The van der Waals surface area contributed by atoms with Crippen LogP contribution in [0, 0.1) is 10.1 Å². The van der Waals surface area contributed by atoms with Crippen LogP contribution < -0.4 is 10.6 Å². The maximum atomic E-state index is 12.7. The van der Waals surface area contributed by atoms with E-state index in [9.17, 15) is 28.1 Å². The van der Waals surface area contributed by atoms with Crippen LogP contribution in [0.15, 0.2) is 18.2 Å². The van der Waals surface area contributed by atoms with E-state index in [1.807, 2.05) is 0 Å². The van der Waals surface area contributed by atoms with Gasteiger partial charge in [0.05, 0.1) is 16.5 Å². The zero-order valence-corrected chi connectivity index (χ0v) is 14.1. The van der Waals surface area contributed by atoms with Gasteiger partial charge in [-0.15, -0.1) is 12.4 Å². The molecule has 1 aliphatic rings. The first-order valence-electron chi connectivity index (χ1n) is 7.26. The fourth-order valence-corrected chi connectivity index (χ4v) is 2.57. The van der Waals surface area contributed by atoms with E-state index in [2.05, 4.69) is 0 Å². The zero-order valence-electron chi connectivity index (χ0n) is 13.3. The maximum absolute atomic E-state index is 12.7. The highest BCUT2D eigenvalue weighted by Crippen LogP contribution is 2.36. The number of nitro groups is 1. The van der Waals surface area contributed by atoms with Crippen LogP contribution in [0.4, 0.5) is 24.5 Å². The molecule has 140 valence electrons. The summed E-state index contributed by atoms with van der Waals surface area (Å²) in [5, 5.41) is 11.1. The standard InChI is InChI=1S/C14H17F3N4O3.ClH/c1-9(18)13(22)20-6-4-19(5-7-20)11-3-2-10(14(15,16)17)8-12(11)21(23)24;/h2-3,8-9H,4-7,18H2,1H3;1H/t9-;/m1./s1. The Bertz CT molecular complexity index is 647. The van der Waals surface area contributed by atoms with Gasteiger partial charge in [-0.25, -0.2) is 0 Å². The van der Waals surface area contributed by atoms with Gasteiger partial charge in [0, 0.05) is 32.2 Å². The molecule has 0 spiro atoms. The second-order valence-electron chi connectivity index (χ2n) is 5.56. The van der Waals surface area contributed by atoms with Crippen molar-refractivity contribution in [2.45, 2.75) is 19.1 Å². The van der Waals surface area contributed by atoms with Crippen molar-refractivity contribution in [2.24, 2.45) is 5.73 Å². The molecule has 0 bridgehead atoms. The Kier molecular flexibility index (Phi) is 6.61. The van der Waals surface area contributed by atoms with Gasteiger partial charge in [0.1, 0.15) is 5.69 Å². The average Bonchev–Trinajstić information content (AvgIpc) is 2.52. The van der Waals surface area contributed by atoms with Crippen molar-refractivity contribution >= 4 is 29.7 Å². The summed E-state index contributed by atoms with van der Waals surface area (Å²) in [6, 6.07) is 1.82. The predicted molar refractivity (Wildman–Crippen MR) is 87.8 cm³/mol. The summed E-state index contributed by atoms with van der Waals surface area (Å²) in [5.74, 6) is -0.225. The van der Waals surface area contributed by atoms with Crippen LogP contribution in [0.5, 0.6) is 0 Å². The number of carbonyl (C=O) groups excluding carboxylic acids is 1. The van der Waals surface area contributed by atoms with E-state index in [-0.39, 0.29) is 37.1 Å². The lowest BCUT2D eigenvalue weighted by Gasteiger charge is -2.36. The van der Waals surface area contributed by atoms with Crippen LogP contribution in [-0.2, 0) is 11.0 Å². The van der Waals surface area contributed by atoms with E-state index >= 15 is 0 Å². The molecular weight excluding hydrogens is 365 g/mol. The molecule has 11 heteroatoms. The molecular formula is C14H18ClF3N4O3. The highest BCUT2D eigenvalue weighted by molar-refractivity contribution is 5.85. The quantitative estimate of drug-likeness (QED) is 0.637. The van der Waals surface area contributed by atoms with E-state index in [0.717, 1.165) is 12.1 Å². The van der Waals surface area contributed by atoms with Crippen molar-refractivity contribution in [3.05, 3.63) is 33.9 Å². The van der Waals surface area contributed by atoms with Crippen LogP contribution in [-0.4, -0.2) is 48.0 Å².